The Morgan fingerprint density at radius 2 is 1.38 bits per heavy atom. The summed E-state index contributed by atoms with van der Waals surface area (Å²) in [6.07, 6.45) is 11.2. The van der Waals surface area contributed by atoms with Gasteiger partial charge in [-0.1, -0.05) is 75.1 Å². The van der Waals surface area contributed by atoms with Gasteiger partial charge in [-0.25, -0.2) is 0 Å². The SMILES string of the molecule is CCCCCCOC(=O)CCCCCCCCC(=O)OCc1cc(Cl)ccc1Cl. The van der Waals surface area contributed by atoms with Crippen LogP contribution >= 0.6 is 23.2 Å². The fourth-order valence-corrected chi connectivity index (χ4v) is 3.28. The first kappa shape index (κ1) is 25.8. The van der Waals surface area contributed by atoms with Crippen molar-refractivity contribution in [3.05, 3.63) is 33.8 Å². The van der Waals surface area contributed by atoms with Crippen LogP contribution < -0.4 is 0 Å². The molecular weight excluding hydrogens is 411 g/mol. The monoisotopic (exact) mass is 444 g/mol. The Labute approximate surface area is 185 Å². The van der Waals surface area contributed by atoms with Crippen molar-refractivity contribution < 1.29 is 19.1 Å². The van der Waals surface area contributed by atoms with E-state index in [2.05, 4.69) is 6.92 Å². The standard InChI is InChI=1S/C23H34Cl2O4/c1-2-3-4-11-16-28-22(26)12-9-7-5-6-8-10-13-23(27)29-18-19-17-20(24)14-15-21(19)25/h14-15,17H,2-13,16,18H2,1H3. The van der Waals surface area contributed by atoms with E-state index in [1.807, 2.05) is 0 Å². The highest BCUT2D eigenvalue weighted by Gasteiger charge is 2.07. The number of benzene rings is 1. The van der Waals surface area contributed by atoms with Gasteiger partial charge in [0.15, 0.2) is 0 Å². The Balaban J connectivity index is 1.94. The predicted octanol–water partition coefficient (Wildman–Crippen LogP) is 7.28. The first-order valence-electron chi connectivity index (χ1n) is 10.8. The van der Waals surface area contributed by atoms with E-state index in [1.54, 1.807) is 18.2 Å². The van der Waals surface area contributed by atoms with E-state index < -0.39 is 0 Å². The van der Waals surface area contributed by atoms with Crippen LogP contribution in [0, 0.1) is 0 Å². The van der Waals surface area contributed by atoms with E-state index in [0.717, 1.165) is 51.4 Å². The summed E-state index contributed by atoms with van der Waals surface area (Å²) in [6.45, 7) is 2.86. The fourth-order valence-electron chi connectivity index (χ4n) is 2.92. The molecule has 0 amide bonds. The highest BCUT2D eigenvalue weighted by molar-refractivity contribution is 6.33. The Bertz CT molecular complexity index is 605. The number of esters is 2. The van der Waals surface area contributed by atoms with Crippen molar-refractivity contribution in [1.82, 2.24) is 0 Å². The van der Waals surface area contributed by atoms with Crippen molar-refractivity contribution in [2.75, 3.05) is 6.61 Å². The molecule has 164 valence electrons. The number of carbonyl (C=O) groups excluding carboxylic acids is 2. The largest absolute Gasteiger partial charge is 0.466 e. The van der Waals surface area contributed by atoms with Gasteiger partial charge in [0.2, 0.25) is 0 Å². The van der Waals surface area contributed by atoms with Gasteiger partial charge < -0.3 is 9.47 Å². The molecule has 0 N–H and O–H groups in total. The maximum absolute atomic E-state index is 11.8. The van der Waals surface area contributed by atoms with Crippen molar-refractivity contribution in [1.29, 1.82) is 0 Å². The van der Waals surface area contributed by atoms with Gasteiger partial charge in [0.1, 0.15) is 6.61 Å². The number of carbonyl (C=O) groups is 2. The average Bonchev–Trinajstić information content (AvgIpc) is 2.70. The molecule has 0 saturated carbocycles. The highest BCUT2D eigenvalue weighted by atomic mass is 35.5. The summed E-state index contributed by atoms with van der Waals surface area (Å²) in [4.78, 5) is 23.4. The van der Waals surface area contributed by atoms with E-state index in [4.69, 9.17) is 32.7 Å². The van der Waals surface area contributed by atoms with Crippen LogP contribution in [0.5, 0.6) is 0 Å². The lowest BCUT2D eigenvalue weighted by Crippen LogP contribution is -2.05. The second-order valence-electron chi connectivity index (χ2n) is 7.30. The third-order valence-electron chi connectivity index (χ3n) is 4.67. The Kier molecular flexibility index (Phi) is 14.7. The third-order valence-corrected chi connectivity index (χ3v) is 5.27. The molecule has 0 aliphatic carbocycles. The Morgan fingerprint density at radius 3 is 2.03 bits per heavy atom. The van der Waals surface area contributed by atoms with Crippen LogP contribution in [-0.2, 0) is 25.7 Å². The zero-order chi connectivity index (χ0) is 21.3. The summed E-state index contributed by atoms with van der Waals surface area (Å²) in [7, 11) is 0. The zero-order valence-electron chi connectivity index (χ0n) is 17.5. The molecule has 0 bridgehead atoms. The molecule has 29 heavy (non-hydrogen) atoms. The maximum Gasteiger partial charge on any atom is 0.306 e. The van der Waals surface area contributed by atoms with Gasteiger partial charge in [0, 0.05) is 28.5 Å². The van der Waals surface area contributed by atoms with Gasteiger partial charge in [-0.15, -0.1) is 0 Å². The summed E-state index contributed by atoms with van der Waals surface area (Å²) in [5.41, 5.74) is 0.715. The molecule has 0 aromatic heterocycles. The van der Waals surface area contributed by atoms with E-state index in [0.29, 0.717) is 35.1 Å². The molecule has 0 aliphatic rings. The van der Waals surface area contributed by atoms with Crippen LogP contribution in [0.3, 0.4) is 0 Å². The van der Waals surface area contributed by atoms with Gasteiger partial charge in [0.05, 0.1) is 6.61 Å². The minimum absolute atomic E-state index is 0.0796. The highest BCUT2D eigenvalue weighted by Crippen LogP contribution is 2.21. The second-order valence-corrected chi connectivity index (χ2v) is 8.14. The van der Waals surface area contributed by atoms with Crippen LogP contribution in [-0.4, -0.2) is 18.5 Å². The number of rotatable bonds is 16. The topological polar surface area (TPSA) is 52.6 Å². The van der Waals surface area contributed by atoms with Crippen molar-refractivity contribution in [3.8, 4) is 0 Å². The molecule has 0 unspecified atom stereocenters. The molecule has 1 rings (SSSR count). The predicted molar refractivity (Wildman–Crippen MR) is 118 cm³/mol. The van der Waals surface area contributed by atoms with Gasteiger partial charge in [-0.05, 0) is 37.5 Å². The lowest BCUT2D eigenvalue weighted by Gasteiger charge is -2.07. The van der Waals surface area contributed by atoms with E-state index >= 15 is 0 Å². The maximum atomic E-state index is 11.8. The van der Waals surface area contributed by atoms with Crippen molar-refractivity contribution >= 4 is 35.1 Å². The minimum atomic E-state index is -0.220. The first-order valence-corrected chi connectivity index (χ1v) is 11.5. The molecule has 0 saturated heterocycles. The summed E-state index contributed by atoms with van der Waals surface area (Å²) in [5, 5.41) is 1.11. The number of unbranched alkanes of at least 4 members (excludes halogenated alkanes) is 8. The molecule has 1 aromatic rings. The van der Waals surface area contributed by atoms with Crippen molar-refractivity contribution in [3.63, 3.8) is 0 Å². The number of halogens is 2. The lowest BCUT2D eigenvalue weighted by atomic mass is 10.1. The van der Waals surface area contributed by atoms with Crippen LogP contribution in [0.4, 0.5) is 0 Å². The molecule has 1 aromatic carbocycles. The van der Waals surface area contributed by atoms with Crippen LogP contribution in [0.2, 0.25) is 10.0 Å². The molecule has 0 radical (unpaired) electrons. The zero-order valence-corrected chi connectivity index (χ0v) is 19.0. The quantitative estimate of drug-likeness (QED) is 0.198. The molecule has 0 spiro atoms. The van der Waals surface area contributed by atoms with Crippen LogP contribution in [0.1, 0.15) is 89.5 Å². The Hall–Kier alpha value is -1.26. The van der Waals surface area contributed by atoms with E-state index in [9.17, 15) is 9.59 Å². The Morgan fingerprint density at radius 1 is 0.793 bits per heavy atom. The minimum Gasteiger partial charge on any atom is -0.466 e. The van der Waals surface area contributed by atoms with E-state index in [1.165, 1.54) is 12.8 Å². The number of hydrogen-bond acceptors (Lipinski definition) is 4. The molecule has 0 fully saturated rings. The van der Waals surface area contributed by atoms with Gasteiger partial charge in [-0.2, -0.15) is 0 Å². The van der Waals surface area contributed by atoms with Crippen LogP contribution in [0.15, 0.2) is 18.2 Å². The summed E-state index contributed by atoms with van der Waals surface area (Å²) >= 11 is 12.0. The van der Waals surface area contributed by atoms with Gasteiger partial charge >= 0.3 is 11.9 Å². The summed E-state index contributed by atoms with van der Waals surface area (Å²) < 4.78 is 10.5. The lowest BCUT2D eigenvalue weighted by molar-refractivity contribution is -0.145. The fraction of sp³-hybridized carbons (Fsp3) is 0.652. The summed E-state index contributed by atoms with van der Waals surface area (Å²) in [5.74, 6) is -0.299. The van der Waals surface area contributed by atoms with E-state index in [-0.39, 0.29) is 18.5 Å². The average molecular weight is 445 g/mol. The molecule has 0 atom stereocenters. The molecule has 4 nitrogen and oxygen atoms in total. The molecule has 0 heterocycles. The second kappa shape index (κ2) is 16.5. The van der Waals surface area contributed by atoms with Crippen molar-refractivity contribution in [2.45, 2.75) is 90.6 Å². The third kappa shape index (κ3) is 13.6. The summed E-state index contributed by atoms with van der Waals surface area (Å²) in [6, 6.07) is 5.10. The smallest absolute Gasteiger partial charge is 0.306 e. The first-order chi connectivity index (χ1) is 14.0. The number of ether oxygens (including phenoxy) is 2. The molecular formula is C23H34Cl2O4. The number of hydrogen-bond donors (Lipinski definition) is 0. The van der Waals surface area contributed by atoms with Crippen molar-refractivity contribution in [2.24, 2.45) is 0 Å². The normalized spacial score (nSPS) is 10.7. The molecule has 0 aliphatic heterocycles. The van der Waals surface area contributed by atoms with Gasteiger partial charge in [-0.3, -0.25) is 9.59 Å². The van der Waals surface area contributed by atoms with Gasteiger partial charge in [0.25, 0.3) is 0 Å². The van der Waals surface area contributed by atoms with Crippen LogP contribution in [0.25, 0.3) is 0 Å². The molecule has 6 heteroatoms.